The third-order valence-corrected chi connectivity index (χ3v) is 5.17. The van der Waals surface area contributed by atoms with E-state index in [0.717, 1.165) is 0 Å². The maximum Gasteiger partial charge on any atom is 0.311 e. The van der Waals surface area contributed by atoms with E-state index in [1.807, 2.05) is 26.0 Å². The van der Waals surface area contributed by atoms with Crippen molar-refractivity contribution >= 4 is 17.6 Å². The van der Waals surface area contributed by atoms with Crippen LogP contribution < -0.4 is 4.74 Å². The van der Waals surface area contributed by atoms with Crippen molar-refractivity contribution in [1.29, 1.82) is 5.26 Å². The third kappa shape index (κ3) is 4.02. The average molecular weight is 400 g/mol. The molecule has 0 spiro atoms. The highest BCUT2D eigenvalue weighted by Crippen LogP contribution is 2.59. The number of carbonyl (C=O) groups is 1. The summed E-state index contributed by atoms with van der Waals surface area (Å²) >= 11 is 5.63. The summed E-state index contributed by atoms with van der Waals surface area (Å²) in [6.07, 6.45) is 0.585. The van der Waals surface area contributed by atoms with Crippen LogP contribution in [0.5, 0.6) is 11.5 Å². The number of benzene rings is 2. The molecule has 0 heterocycles. The minimum atomic E-state index is -1.16. The summed E-state index contributed by atoms with van der Waals surface area (Å²) in [7, 11) is 0. The Kier molecular flexibility index (Phi) is 5.71. The van der Waals surface area contributed by atoms with Crippen LogP contribution in [0.25, 0.3) is 0 Å². The van der Waals surface area contributed by atoms with Gasteiger partial charge in [-0.1, -0.05) is 55.8 Å². The Bertz CT molecular complexity index is 937. The van der Waals surface area contributed by atoms with Gasteiger partial charge in [-0.05, 0) is 35.6 Å². The molecule has 6 heteroatoms. The number of esters is 1. The topological polar surface area (TPSA) is 59.3 Å². The molecule has 3 rings (SSSR count). The Morgan fingerprint density at radius 3 is 2.64 bits per heavy atom. The molecular formula is C22H19ClFNO3. The Balaban J connectivity index is 1.77. The van der Waals surface area contributed by atoms with Gasteiger partial charge < -0.3 is 9.47 Å². The van der Waals surface area contributed by atoms with Gasteiger partial charge >= 0.3 is 5.97 Å². The first-order chi connectivity index (χ1) is 13.4. The largest absolute Gasteiger partial charge is 0.454 e. The molecule has 144 valence electrons. The number of para-hydroxylation sites is 1. The van der Waals surface area contributed by atoms with Crippen molar-refractivity contribution in [3.8, 4) is 17.6 Å². The molecule has 0 bridgehead atoms. The number of carbonyl (C=O) groups excluding carboxylic acids is 1. The van der Waals surface area contributed by atoms with Gasteiger partial charge in [0.15, 0.2) is 11.6 Å². The average Bonchev–Trinajstić information content (AvgIpc) is 3.23. The molecule has 4 nitrogen and oxygen atoms in total. The van der Waals surface area contributed by atoms with Gasteiger partial charge in [-0.25, -0.2) is 4.39 Å². The molecule has 3 atom stereocenters. The summed E-state index contributed by atoms with van der Waals surface area (Å²) in [5, 5.41) is 9.48. The SMILES string of the molecule is CC1(C)C(C=CCl)C1C(=O)OC(C#N)c1ccc(F)c(Oc2ccccc2)c1. The third-order valence-electron chi connectivity index (χ3n) is 5.02. The smallest absolute Gasteiger partial charge is 0.311 e. The van der Waals surface area contributed by atoms with Crippen LogP contribution in [0, 0.1) is 34.4 Å². The van der Waals surface area contributed by atoms with Crippen molar-refractivity contribution < 1.29 is 18.7 Å². The lowest BCUT2D eigenvalue weighted by Crippen LogP contribution is -2.14. The zero-order valence-electron chi connectivity index (χ0n) is 15.4. The lowest BCUT2D eigenvalue weighted by Gasteiger charge is -2.14. The van der Waals surface area contributed by atoms with Gasteiger partial charge in [0.25, 0.3) is 0 Å². The molecule has 0 aliphatic heterocycles. The Morgan fingerprint density at radius 1 is 1.29 bits per heavy atom. The molecule has 2 aromatic rings. The fourth-order valence-electron chi connectivity index (χ4n) is 3.30. The minimum Gasteiger partial charge on any atom is -0.454 e. The van der Waals surface area contributed by atoms with Crippen LogP contribution in [-0.2, 0) is 9.53 Å². The van der Waals surface area contributed by atoms with Crippen LogP contribution in [-0.4, -0.2) is 5.97 Å². The molecule has 2 aromatic carbocycles. The number of ether oxygens (including phenoxy) is 2. The Morgan fingerprint density at radius 2 is 2.00 bits per heavy atom. The van der Waals surface area contributed by atoms with Crippen LogP contribution in [0.4, 0.5) is 4.39 Å². The van der Waals surface area contributed by atoms with Gasteiger partial charge in [0.2, 0.25) is 6.10 Å². The standard InChI is InChI=1S/C22H19ClFNO3/c1-22(2)16(10-11-23)20(22)21(26)28-19(13-25)14-8-9-17(24)18(12-14)27-15-6-4-3-5-7-15/h3-12,16,19-20H,1-2H3. The monoisotopic (exact) mass is 399 g/mol. The van der Waals surface area contributed by atoms with Crippen LogP contribution in [0.15, 0.2) is 60.1 Å². The fraction of sp³-hybridized carbons (Fsp3) is 0.273. The molecule has 0 saturated heterocycles. The number of hydrogen-bond acceptors (Lipinski definition) is 4. The molecule has 1 aliphatic rings. The van der Waals surface area contributed by atoms with Gasteiger partial charge in [0.05, 0.1) is 5.92 Å². The van der Waals surface area contributed by atoms with Crippen molar-refractivity contribution in [3.63, 3.8) is 0 Å². The second-order valence-electron chi connectivity index (χ2n) is 7.19. The van der Waals surface area contributed by atoms with Gasteiger partial charge in [-0.3, -0.25) is 4.79 Å². The number of nitrogens with zero attached hydrogens (tertiary/aromatic N) is 1. The van der Waals surface area contributed by atoms with E-state index >= 15 is 0 Å². The van der Waals surface area contributed by atoms with Crippen molar-refractivity contribution in [2.45, 2.75) is 20.0 Å². The summed E-state index contributed by atoms with van der Waals surface area (Å²) in [5.74, 6) is -1.06. The number of hydrogen-bond donors (Lipinski definition) is 0. The first-order valence-corrected chi connectivity index (χ1v) is 9.21. The van der Waals surface area contributed by atoms with E-state index in [4.69, 9.17) is 21.1 Å². The molecular weight excluding hydrogens is 381 g/mol. The Labute approximate surface area is 168 Å². The van der Waals surface area contributed by atoms with E-state index in [-0.39, 0.29) is 23.0 Å². The zero-order chi connectivity index (χ0) is 20.3. The molecule has 0 radical (unpaired) electrons. The van der Waals surface area contributed by atoms with Crippen molar-refractivity contribution in [1.82, 2.24) is 0 Å². The highest BCUT2D eigenvalue weighted by atomic mass is 35.5. The van der Waals surface area contributed by atoms with E-state index < -0.39 is 17.9 Å². The van der Waals surface area contributed by atoms with Crippen molar-refractivity contribution in [2.24, 2.45) is 17.3 Å². The van der Waals surface area contributed by atoms with Gasteiger partial charge in [0.1, 0.15) is 11.8 Å². The maximum absolute atomic E-state index is 14.1. The lowest BCUT2D eigenvalue weighted by atomic mass is 10.1. The van der Waals surface area contributed by atoms with E-state index in [0.29, 0.717) is 11.3 Å². The number of halogens is 2. The van der Waals surface area contributed by atoms with Gasteiger partial charge in [-0.2, -0.15) is 5.26 Å². The van der Waals surface area contributed by atoms with E-state index in [1.54, 1.807) is 30.3 Å². The summed E-state index contributed by atoms with van der Waals surface area (Å²) in [4.78, 5) is 12.5. The highest BCUT2D eigenvalue weighted by Gasteiger charge is 2.61. The van der Waals surface area contributed by atoms with E-state index in [1.165, 1.54) is 23.7 Å². The molecule has 3 unspecified atom stereocenters. The first-order valence-electron chi connectivity index (χ1n) is 8.78. The predicted octanol–water partition coefficient (Wildman–Crippen LogP) is 5.75. The molecule has 1 aliphatic carbocycles. The maximum atomic E-state index is 14.1. The summed E-state index contributed by atoms with van der Waals surface area (Å²) in [6, 6.07) is 14.6. The molecule has 0 N–H and O–H groups in total. The van der Waals surface area contributed by atoms with Gasteiger partial charge in [0, 0.05) is 11.1 Å². The lowest BCUT2D eigenvalue weighted by molar-refractivity contribution is -0.149. The zero-order valence-corrected chi connectivity index (χ0v) is 16.2. The molecule has 0 amide bonds. The summed E-state index contributed by atoms with van der Waals surface area (Å²) in [6.45, 7) is 3.87. The Hall–Kier alpha value is -2.84. The second kappa shape index (κ2) is 8.04. The van der Waals surface area contributed by atoms with Crippen LogP contribution in [0.1, 0.15) is 25.5 Å². The van der Waals surface area contributed by atoms with Crippen LogP contribution in [0.3, 0.4) is 0 Å². The number of allylic oxidation sites excluding steroid dienone is 1. The summed E-state index contributed by atoms with van der Waals surface area (Å²) in [5.41, 5.74) is 1.44. The highest BCUT2D eigenvalue weighted by molar-refractivity contribution is 6.25. The molecule has 0 aromatic heterocycles. The molecule has 1 saturated carbocycles. The quantitative estimate of drug-likeness (QED) is 0.580. The van der Waals surface area contributed by atoms with Crippen molar-refractivity contribution in [3.05, 3.63) is 71.5 Å². The summed E-state index contributed by atoms with van der Waals surface area (Å²) < 4.78 is 25.1. The number of nitriles is 1. The van der Waals surface area contributed by atoms with Crippen LogP contribution >= 0.6 is 11.6 Å². The van der Waals surface area contributed by atoms with Crippen molar-refractivity contribution in [2.75, 3.05) is 0 Å². The predicted molar refractivity (Wildman–Crippen MR) is 103 cm³/mol. The van der Waals surface area contributed by atoms with Gasteiger partial charge in [-0.15, -0.1) is 0 Å². The number of rotatable bonds is 6. The fourth-order valence-corrected chi connectivity index (χ4v) is 3.46. The normalized spacial score (nSPS) is 21.0. The molecule has 28 heavy (non-hydrogen) atoms. The van der Waals surface area contributed by atoms with E-state index in [9.17, 15) is 14.4 Å². The minimum absolute atomic E-state index is 0.0398. The van der Waals surface area contributed by atoms with E-state index in [2.05, 4.69) is 0 Å². The van der Waals surface area contributed by atoms with Crippen LogP contribution in [0.2, 0.25) is 0 Å². The first kappa shape index (κ1) is 19.9. The second-order valence-corrected chi connectivity index (χ2v) is 7.45. The molecule has 1 fully saturated rings.